The molecule has 5 heteroatoms. The molecule has 1 fully saturated rings. The Hall–Kier alpha value is -2.92. The van der Waals surface area contributed by atoms with E-state index in [0.29, 0.717) is 6.04 Å². The van der Waals surface area contributed by atoms with Gasteiger partial charge in [0.2, 0.25) is 0 Å². The van der Waals surface area contributed by atoms with Crippen LogP contribution in [0.1, 0.15) is 49.7 Å². The summed E-state index contributed by atoms with van der Waals surface area (Å²) in [6, 6.07) is 23.7. The molecule has 0 spiro atoms. The zero-order valence-corrected chi connectivity index (χ0v) is 21.8. The number of anilines is 2. The summed E-state index contributed by atoms with van der Waals surface area (Å²) in [5, 5.41) is 0. The van der Waals surface area contributed by atoms with Crippen LogP contribution < -0.4 is 9.80 Å². The van der Waals surface area contributed by atoms with E-state index in [-0.39, 0.29) is 11.6 Å². The zero-order valence-electron chi connectivity index (χ0n) is 21.8. The van der Waals surface area contributed by atoms with Crippen molar-refractivity contribution in [1.29, 1.82) is 0 Å². The number of unbranched alkanes of at least 4 members (excludes halogenated alkanes) is 2. The summed E-state index contributed by atoms with van der Waals surface area (Å²) >= 11 is 0. The summed E-state index contributed by atoms with van der Waals surface area (Å²) < 4.78 is 27.8. The monoisotopic (exact) mass is 503 g/mol. The standard InChI is InChI=1S/C32H39F2N3/c33-29-15-3-1-11-26(29)13-7-9-21-35-23-19-28(20-24-35)37-25-36(31-17-5-6-18-32(31)37)22-10-8-14-27-12-2-4-16-30(27)34/h1-6,11-12,15-18,28H,7-10,13-14,19-25H2. The quantitative estimate of drug-likeness (QED) is 0.259. The SMILES string of the molecule is Fc1ccccc1CCCCN1CCC(N2CN(CCCCc3ccccc3F)c3ccccc32)CC1. The number of hydrogen-bond acceptors (Lipinski definition) is 3. The number of halogens is 2. The summed E-state index contributed by atoms with van der Waals surface area (Å²) in [6.07, 6.45) is 8.19. The van der Waals surface area contributed by atoms with Crippen molar-refractivity contribution >= 4 is 11.4 Å². The van der Waals surface area contributed by atoms with Crippen LogP contribution in [0.4, 0.5) is 20.2 Å². The minimum absolute atomic E-state index is 0.0756. The Labute approximate surface area is 220 Å². The number of hydrogen-bond donors (Lipinski definition) is 0. The maximum atomic E-state index is 13.9. The van der Waals surface area contributed by atoms with E-state index in [4.69, 9.17) is 0 Å². The van der Waals surface area contributed by atoms with Crippen LogP contribution in [0.15, 0.2) is 72.8 Å². The lowest BCUT2D eigenvalue weighted by atomic mass is 10.0. The molecule has 2 aliphatic rings. The van der Waals surface area contributed by atoms with E-state index in [1.807, 2.05) is 24.3 Å². The Bertz CT molecular complexity index is 1140. The largest absolute Gasteiger partial charge is 0.352 e. The molecule has 3 aromatic carbocycles. The third-order valence-electron chi connectivity index (χ3n) is 8.06. The second-order valence-electron chi connectivity index (χ2n) is 10.5. The van der Waals surface area contributed by atoms with Crippen LogP contribution in [0.5, 0.6) is 0 Å². The summed E-state index contributed by atoms with van der Waals surface area (Å²) in [5.74, 6) is -0.162. The summed E-state index contributed by atoms with van der Waals surface area (Å²) in [5.41, 5.74) is 4.36. The van der Waals surface area contributed by atoms with Crippen molar-refractivity contribution in [3.8, 4) is 0 Å². The molecule has 0 aromatic heterocycles. The van der Waals surface area contributed by atoms with Gasteiger partial charge < -0.3 is 14.7 Å². The molecule has 2 aliphatic heterocycles. The van der Waals surface area contributed by atoms with Crippen molar-refractivity contribution in [3.63, 3.8) is 0 Å². The molecule has 0 atom stereocenters. The lowest BCUT2D eigenvalue weighted by molar-refractivity contribution is 0.206. The predicted molar refractivity (Wildman–Crippen MR) is 149 cm³/mol. The van der Waals surface area contributed by atoms with Gasteiger partial charge in [0.15, 0.2) is 0 Å². The molecule has 0 aliphatic carbocycles. The van der Waals surface area contributed by atoms with E-state index in [2.05, 4.69) is 39.0 Å². The molecular formula is C32H39F2N3. The first kappa shape index (κ1) is 25.7. The minimum Gasteiger partial charge on any atom is -0.352 e. The van der Waals surface area contributed by atoms with Gasteiger partial charge in [-0.15, -0.1) is 0 Å². The van der Waals surface area contributed by atoms with Crippen molar-refractivity contribution in [1.82, 2.24) is 4.90 Å². The number of aryl methyl sites for hydroxylation is 2. The summed E-state index contributed by atoms with van der Waals surface area (Å²) in [7, 11) is 0. The second-order valence-corrected chi connectivity index (χ2v) is 10.5. The molecule has 0 bridgehead atoms. The van der Waals surface area contributed by atoms with E-state index in [1.165, 1.54) is 24.2 Å². The number of likely N-dealkylation sites (tertiary alicyclic amines) is 1. The van der Waals surface area contributed by atoms with Crippen molar-refractivity contribution in [2.75, 3.05) is 42.6 Å². The first-order valence-electron chi connectivity index (χ1n) is 14.0. The Morgan fingerprint density at radius 1 is 0.622 bits per heavy atom. The first-order chi connectivity index (χ1) is 18.2. The third-order valence-corrected chi connectivity index (χ3v) is 8.06. The molecule has 5 rings (SSSR count). The fourth-order valence-electron chi connectivity index (χ4n) is 5.94. The Balaban J connectivity index is 1.07. The average Bonchev–Trinajstić information content (AvgIpc) is 3.30. The van der Waals surface area contributed by atoms with Crippen LogP contribution in [-0.4, -0.2) is 43.8 Å². The van der Waals surface area contributed by atoms with E-state index in [9.17, 15) is 8.78 Å². The lowest BCUT2D eigenvalue weighted by Crippen LogP contribution is -2.46. The van der Waals surface area contributed by atoms with E-state index in [0.717, 1.165) is 82.5 Å². The smallest absolute Gasteiger partial charge is 0.126 e. The van der Waals surface area contributed by atoms with Gasteiger partial charge in [-0.3, -0.25) is 0 Å². The molecule has 1 saturated heterocycles. The predicted octanol–water partition coefficient (Wildman–Crippen LogP) is 7.06. The number of piperidine rings is 1. The molecule has 0 radical (unpaired) electrons. The maximum absolute atomic E-state index is 13.9. The van der Waals surface area contributed by atoms with E-state index in [1.54, 1.807) is 24.3 Å². The Kier molecular flexibility index (Phi) is 8.72. The van der Waals surface area contributed by atoms with E-state index >= 15 is 0 Å². The van der Waals surface area contributed by atoms with Gasteiger partial charge in [-0.2, -0.15) is 0 Å². The van der Waals surface area contributed by atoms with Crippen molar-refractivity contribution < 1.29 is 8.78 Å². The van der Waals surface area contributed by atoms with Crippen LogP contribution in [0.3, 0.4) is 0 Å². The van der Waals surface area contributed by atoms with Crippen LogP contribution in [-0.2, 0) is 12.8 Å². The minimum atomic E-state index is -0.0865. The highest BCUT2D eigenvalue weighted by Crippen LogP contribution is 2.39. The molecule has 196 valence electrons. The molecule has 3 nitrogen and oxygen atoms in total. The van der Waals surface area contributed by atoms with Crippen LogP contribution >= 0.6 is 0 Å². The Morgan fingerprint density at radius 2 is 1.16 bits per heavy atom. The highest BCUT2D eigenvalue weighted by Gasteiger charge is 2.32. The number of fused-ring (bicyclic) bond motifs is 1. The van der Waals surface area contributed by atoms with Crippen molar-refractivity contribution in [2.24, 2.45) is 0 Å². The molecule has 0 unspecified atom stereocenters. The summed E-state index contributed by atoms with van der Waals surface area (Å²) in [6.45, 7) is 5.32. The number of nitrogens with zero attached hydrogens (tertiary/aromatic N) is 3. The molecule has 0 saturated carbocycles. The van der Waals surface area contributed by atoms with Crippen LogP contribution in [0.2, 0.25) is 0 Å². The van der Waals surface area contributed by atoms with Gasteiger partial charge in [0, 0.05) is 25.7 Å². The van der Waals surface area contributed by atoms with Gasteiger partial charge in [-0.25, -0.2) is 8.78 Å². The van der Waals surface area contributed by atoms with Gasteiger partial charge in [0.1, 0.15) is 11.6 Å². The van der Waals surface area contributed by atoms with Crippen LogP contribution in [0.25, 0.3) is 0 Å². The molecule has 3 aromatic rings. The van der Waals surface area contributed by atoms with Gasteiger partial charge in [0.25, 0.3) is 0 Å². The highest BCUT2D eigenvalue weighted by molar-refractivity contribution is 5.76. The zero-order chi connectivity index (χ0) is 25.5. The van der Waals surface area contributed by atoms with Crippen LogP contribution in [0, 0.1) is 11.6 Å². The van der Waals surface area contributed by atoms with Gasteiger partial charge in [0.05, 0.1) is 18.0 Å². The molecule has 0 amide bonds. The van der Waals surface area contributed by atoms with Crippen molar-refractivity contribution in [3.05, 3.63) is 95.6 Å². The molecule has 37 heavy (non-hydrogen) atoms. The van der Waals surface area contributed by atoms with Gasteiger partial charge >= 0.3 is 0 Å². The first-order valence-corrected chi connectivity index (χ1v) is 14.0. The third kappa shape index (κ3) is 6.51. The maximum Gasteiger partial charge on any atom is 0.126 e. The van der Waals surface area contributed by atoms with Crippen molar-refractivity contribution in [2.45, 2.75) is 57.4 Å². The lowest BCUT2D eigenvalue weighted by Gasteiger charge is -2.38. The van der Waals surface area contributed by atoms with Gasteiger partial charge in [-0.1, -0.05) is 48.5 Å². The van der Waals surface area contributed by atoms with E-state index < -0.39 is 0 Å². The second kappa shape index (κ2) is 12.6. The topological polar surface area (TPSA) is 9.72 Å². The molecule has 2 heterocycles. The molecular weight excluding hydrogens is 464 g/mol. The Morgan fingerprint density at radius 3 is 1.78 bits per heavy atom. The number of para-hydroxylation sites is 2. The number of benzene rings is 3. The molecule has 0 N–H and O–H groups in total. The summed E-state index contributed by atoms with van der Waals surface area (Å²) in [4.78, 5) is 7.70. The average molecular weight is 504 g/mol. The fourth-order valence-corrected chi connectivity index (χ4v) is 5.94. The fraction of sp³-hybridized carbons (Fsp3) is 0.438. The van der Waals surface area contributed by atoms with Gasteiger partial charge in [-0.05, 0) is 93.3 Å². The normalized spacial score (nSPS) is 16.4. The number of rotatable bonds is 11. The highest BCUT2D eigenvalue weighted by atomic mass is 19.1.